The van der Waals surface area contributed by atoms with Gasteiger partial charge in [-0.2, -0.15) is 0 Å². The molecule has 1 fully saturated rings. The van der Waals surface area contributed by atoms with E-state index in [1.165, 1.54) is 5.69 Å². The van der Waals surface area contributed by atoms with E-state index < -0.39 is 0 Å². The highest BCUT2D eigenvalue weighted by molar-refractivity contribution is 5.94. The predicted molar refractivity (Wildman–Crippen MR) is 101 cm³/mol. The summed E-state index contributed by atoms with van der Waals surface area (Å²) in [5.41, 5.74) is 3.93. The molecule has 0 saturated carbocycles. The molecule has 132 valence electrons. The van der Waals surface area contributed by atoms with Crippen LogP contribution in [0, 0.1) is 6.92 Å². The first-order valence-corrected chi connectivity index (χ1v) is 8.76. The van der Waals surface area contributed by atoms with E-state index in [1.807, 2.05) is 35.0 Å². The number of nitrogens with zero attached hydrogens (tertiary/aromatic N) is 5. The van der Waals surface area contributed by atoms with Crippen LogP contribution < -0.4 is 4.90 Å². The maximum absolute atomic E-state index is 12.5. The lowest BCUT2D eigenvalue weighted by Crippen LogP contribution is -2.48. The lowest BCUT2D eigenvalue weighted by Gasteiger charge is -2.36. The van der Waals surface area contributed by atoms with E-state index >= 15 is 0 Å². The van der Waals surface area contributed by atoms with Gasteiger partial charge in [0.05, 0.1) is 17.6 Å². The van der Waals surface area contributed by atoms with Crippen molar-refractivity contribution in [3.05, 3.63) is 72.6 Å². The normalized spacial score (nSPS) is 14.5. The van der Waals surface area contributed by atoms with Gasteiger partial charge in [0.1, 0.15) is 0 Å². The summed E-state index contributed by atoms with van der Waals surface area (Å²) in [7, 11) is 0. The van der Waals surface area contributed by atoms with Gasteiger partial charge in [0.2, 0.25) is 0 Å². The molecule has 6 heteroatoms. The lowest BCUT2D eigenvalue weighted by atomic mass is 10.2. The van der Waals surface area contributed by atoms with Crippen LogP contribution in [0.5, 0.6) is 0 Å². The predicted octanol–water partition coefficient (Wildman–Crippen LogP) is 2.54. The van der Waals surface area contributed by atoms with Gasteiger partial charge in [-0.15, -0.1) is 0 Å². The van der Waals surface area contributed by atoms with E-state index in [9.17, 15) is 4.79 Å². The number of anilines is 1. The third-order valence-electron chi connectivity index (χ3n) is 4.70. The van der Waals surface area contributed by atoms with Crippen molar-refractivity contribution in [1.82, 2.24) is 19.4 Å². The molecule has 0 N–H and O–H groups in total. The van der Waals surface area contributed by atoms with E-state index in [4.69, 9.17) is 0 Å². The van der Waals surface area contributed by atoms with Crippen molar-refractivity contribution < 1.29 is 4.79 Å². The second-order valence-corrected chi connectivity index (χ2v) is 6.46. The SMILES string of the molecule is Cc1cn(-c2ccc(N3CCN(C(=O)c4cccnc4)CC3)cc2)cn1. The summed E-state index contributed by atoms with van der Waals surface area (Å²) in [6.07, 6.45) is 7.15. The van der Waals surface area contributed by atoms with Crippen LogP contribution in [0.4, 0.5) is 5.69 Å². The van der Waals surface area contributed by atoms with Gasteiger partial charge >= 0.3 is 0 Å². The van der Waals surface area contributed by atoms with Gasteiger partial charge < -0.3 is 14.4 Å². The molecule has 1 aliphatic heterocycles. The molecule has 0 aliphatic carbocycles. The first-order chi connectivity index (χ1) is 12.7. The van der Waals surface area contributed by atoms with Gasteiger partial charge in [0, 0.05) is 56.1 Å². The van der Waals surface area contributed by atoms with Crippen molar-refractivity contribution in [1.29, 1.82) is 0 Å². The molecule has 3 heterocycles. The number of amides is 1. The van der Waals surface area contributed by atoms with E-state index in [1.54, 1.807) is 18.5 Å². The fourth-order valence-electron chi connectivity index (χ4n) is 3.24. The number of aryl methyl sites for hydroxylation is 1. The Bertz CT molecular complexity index is 880. The van der Waals surface area contributed by atoms with Gasteiger partial charge in [-0.05, 0) is 43.3 Å². The summed E-state index contributed by atoms with van der Waals surface area (Å²) >= 11 is 0. The number of hydrogen-bond donors (Lipinski definition) is 0. The number of carbonyl (C=O) groups is 1. The van der Waals surface area contributed by atoms with Gasteiger partial charge in [-0.1, -0.05) is 0 Å². The summed E-state index contributed by atoms with van der Waals surface area (Å²) < 4.78 is 2.02. The van der Waals surface area contributed by atoms with Crippen molar-refractivity contribution >= 4 is 11.6 Å². The van der Waals surface area contributed by atoms with Crippen molar-refractivity contribution in [2.75, 3.05) is 31.1 Å². The summed E-state index contributed by atoms with van der Waals surface area (Å²) in [4.78, 5) is 25.0. The maximum atomic E-state index is 12.5. The molecule has 6 nitrogen and oxygen atoms in total. The zero-order chi connectivity index (χ0) is 17.9. The maximum Gasteiger partial charge on any atom is 0.255 e. The average molecular weight is 347 g/mol. The lowest BCUT2D eigenvalue weighted by molar-refractivity contribution is 0.0746. The molecule has 0 spiro atoms. The van der Waals surface area contributed by atoms with Gasteiger partial charge in [0.15, 0.2) is 0 Å². The molecule has 26 heavy (non-hydrogen) atoms. The monoisotopic (exact) mass is 347 g/mol. The summed E-state index contributed by atoms with van der Waals surface area (Å²) in [6, 6.07) is 12.1. The van der Waals surface area contributed by atoms with Crippen LogP contribution in [0.15, 0.2) is 61.3 Å². The van der Waals surface area contributed by atoms with Crippen LogP contribution >= 0.6 is 0 Å². The molecule has 1 saturated heterocycles. The molecule has 0 bridgehead atoms. The van der Waals surface area contributed by atoms with Crippen molar-refractivity contribution in [2.24, 2.45) is 0 Å². The Labute approximate surface area is 152 Å². The van der Waals surface area contributed by atoms with E-state index in [0.29, 0.717) is 5.56 Å². The Morgan fingerprint density at radius 3 is 2.35 bits per heavy atom. The fourth-order valence-corrected chi connectivity index (χ4v) is 3.24. The molecule has 1 aromatic carbocycles. The molecular weight excluding hydrogens is 326 g/mol. The zero-order valence-electron chi connectivity index (χ0n) is 14.7. The van der Waals surface area contributed by atoms with E-state index in [2.05, 4.69) is 39.1 Å². The van der Waals surface area contributed by atoms with Crippen LogP contribution in [0.1, 0.15) is 16.1 Å². The largest absolute Gasteiger partial charge is 0.368 e. The molecule has 2 aromatic heterocycles. The summed E-state index contributed by atoms with van der Waals surface area (Å²) in [6.45, 7) is 5.08. The topological polar surface area (TPSA) is 54.3 Å². The minimum Gasteiger partial charge on any atom is -0.368 e. The highest BCUT2D eigenvalue weighted by atomic mass is 16.2. The van der Waals surface area contributed by atoms with Crippen molar-refractivity contribution in [3.63, 3.8) is 0 Å². The summed E-state index contributed by atoms with van der Waals surface area (Å²) in [5.74, 6) is 0.0589. The molecule has 0 unspecified atom stereocenters. The van der Waals surface area contributed by atoms with Crippen molar-refractivity contribution in [2.45, 2.75) is 6.92 Å². The van der Waals surface area contributed by atoms with Gasteiger partial charge in [0.25, 0.3) is 5.91 Å². The number of imidazole rings is 1. The Balaban J connectivity index is 1.39. The molecule has 1 amide bonds. The Morgan fingerprint density at radius 1 is 1.00 bits per heavy atom. The Hall–Kier alpha value is -3.15. The third kappa shape index (κ3) is 3.31. The van der Waals surface area contributed by atoms with Crippen LogP contribution in [-0.2, 0) is 0 Å². The molecule has 4 rings (SSSR count). The van der Waals surface area contributed by atoms with E-state index in [0.717, 1.165) is 37.6 Å². The first kappa shape index (κ1) is 16.3. The molecule has 0 radical (unpaired) electrons. The second-order valence-electron chi connectivity index (χ2n) is 6.46. The van der Waals surface area contributed by atoms with Crippen LogP contribution in [0.25, 0.3) is 5.69 Å². The quantitative estimate of drug-likeness (QED) is 0.731. The average Bonchev–Trinajstić information content (AvgIpc) is 3.15. The Kier molecular flexibility index (Phi) is 4.39. The van der Waals surface area contributed by atoms with Crippen LogP contribution in [0.3, 0.4) is 0 Å². The number of aromatic nitrogens is 3. The molecule has 0 atom stereocenters. The highest BCUT2D eigenvalue weighted by Crippen LogP contribution is 2.20. The second kappa shape index (κ2) is 7.00. The number of carbonyl (C=O) groups excluding carboxylic acids is 1. The van der Waals surface area contributed by atoms with Crippen LogP contribution in [0.2, 0.25) is 0 Å². The number of rotatable bonds is 3. The third-order valence-corrected chi connectivity index (χ3v) is 4.70. The number of benzene rings is 1. The summed E-state index contributed by atoms with van der Waals surface area (Å²) in [5, 5.41) is 0. The smallest absolute Gasteiger partial charge is 0.255 e. The van der Waals surface area contributed by atoms with Gasteiger partial charge in [-0.25, -0.2) is 4.98 Å². The minimum absolute atomic E-state index is 0.0589. The first-order valence-electron chi connectivity index (χ1n) is 8.76. The van der Waals surface area contributed by atoms with Crippen molar-refractivity contribution in [3.8, 4) is 5.69 Å². The molecule has 1 aliphatic rings. The molecule has 3 aromatic rings. The van der Waals surface area contributed by atoms with E-state index in [-0.39, 0.29) is 5.91 Å². The standard InChI is InChI=1S/C20H21N5O/c1-16-14-25(15-22-16)19-6-4-18(5-7-19)23-9-11-24(12-10-23)20(26)17-3-2-8-21-13-17/h2-8,13-15H,9-12H2,1H3. The number of piperazine rings is 1. The van der Waals surface area contributed by atoms with Gasteiger partial charge in [-0.3, -0.25) is 9.78 Å². The highest BCUT2D eigenvalue weighted by Gasteiger charge is 2.22. The van der Waals surface area contributed by atoms with Crippen LogP contribution in [-0.4, -0.2) is 51.5 Å². The number of hydrogen-bond acceptors (Lipinski definition) is 4. The molecular formula is C20H21N5O. The zero-order valence-corrected chi connectivity index (χ0v) is 14.7. The Morgan fingerprint density at radius 2 is 1.73 bits per heavy atom. The number of pyridine rings is 1. The fraction of sp³-hybridized carbons (Fsp3) is 0.250. The minimum atomic E-state index is 0.0589.